The van der Waals surface area contributed by atoms with Crippen molar-refractivity contribution in [2.24, 2.45) is 16.0 Å². The molecular formula is C10H14Cl2N4O5S2. The van der Waals surface area contributed by atoms with Crippen LogP contribution in [0.3, 0.4) is 0 Å². The SMILES string of the molecule is NCCCC(=O)Nc1c(S(N)(=O)=O)cc(S(N)(=O)=O)c(Cl)c1Cl. The molecule has 0 aliphatic carbocycles. The van der Waals surface area contributed by atoms with E-state index in [9.17, 15) is 21.6 Å². The summed E-state index contributed by atoms with van der Waals surface area (Å²) in [5.74, 6) is -0.596. The minimum Gasteiger partial charge on any atom is -0.330 e. The van der Waals surface area contributed by atoms with Crippen molar-refractivity contribution in [2.75, 3.05) is 11.9 Å². The lowest BCUT2D eigenvalue weighted by atomic mass is 10.2. The summed E-state index contributed by atoms with van der Waals surface area (Å²) in [6.45, 7) is 0.244. The highest BCUT2D eigenvalue weighted by Gasteiger charge is 2.27. The van der Waals surface area contributed by atoms with Crippen molar-refractivity contribution in [3.8, 4) is 0 Å². The largest absolute Gasteiger partial charge is 0.330 e. The fraction of sp³-hybridized carbons (Fsp3) is 0.300. The van der Waals surface area contributed by atoms with Crippen molar-refractivity contribution in [3.63, 3.8) is 0 Å². The van der Waals surface area contributed by atoms with Crippen LogP contribution in [0.15, 0.2) is 15.9 Å². The number of primary sulfonamides is 2. The van der Waals surface area contributed by atoms with Crippen LogP contribution in [0.1, 0.15) is 12.8 Å². The minimum absolute atomic E-state index is 0.00849. The number of anilines is 1. The second-order valence-electron chi connectivity index (χ2n) is 4.41. The molecule has 0 radical (unpaired) electrons. The molecule has 0 heterocycles. The summed E-state index contributed by atoms with van der Waals surface area (Å²) in [5, 5.41) is 11.2. The predicted molar refractivity (Wildman–Crippen MR) is 86.1 cm³/mol. The van der Waals surface area contributed by atoms with Gasteiger partial charge in [0.1, 0.15) is 9.79 Å². The number of nitrogens with two attached hydrogens (primary N) is 3. The summed E-state index contributed by atoms with van der Waals surface area (Å²) >= 11 is 11.7. The molecule has 130 valence electrons. The second kappa shape index (κ2) is 7.30. The minimum atomic E-state index is -4.42. The highest BCUT2D eigenvalue weighted by molar-refractivity contribution is 7.90. The number of carbonyl (C=O) groups is 1. The third-order valence-corrected chi connectivity index (χ3v) is 5.47. The maximum Gasteiger partial charge on any atom is 0.240 e. The van der Waals surface area contributed by atoms with Crippen molar-refractivity contribution in [1.82, 2.24) is 0 Å². The van der Waals surface area contributed by atoms with Crippen molar-refractivity contribution in [3.05, 3.63) is 16.1 Å². The Balaban J connectivity index is 3.57. The third kappa shape index (κ3) is 5.01. The number of rotatable bonds is 6. The molecule has 1 aromatic carbocycles. The van der Waals surface area contributed by atoms with Crippen LogP contribution in [0.5, 0.6) is 0 Å². The van der Waals surface area contributed by atoms with E-state index in [1.165, 1.54) is 0 Å². The first-order valence-corrected chi connectivity index (χ1v) is 9.82. The monoisotopic (exact) mass is 404 g/mol. The number of hydrogen-bond donors (Lipinski definition) is 4. The maximum absolute atomic E-state index is 11.7. The molecular weight excluding hydrogens is 391 g/mol. The second-order valence-corrected chi connectivity index (χ2v) is 8.22. The molecule has 0 fully saturated rings. The summed E-state index contributed by atoms with van der Waals surface area (Å²) in [6, 6.07) is 0.636. The molecule has 0 bridgehead atoms. The average molecular weight is 405 g/mol. The number of benzene rings is 1. The number of nitrogens with one attached hydrogen (secondary N) is 1. The number of halogens is 2. The number of amides is 1. The van der Waals surface area contributed by atoms with Gasteiger partial charge in [-0.2, -0.15) is 0 Å². The van der Waals surface area contributed by atoms with Gasteiger partial charge in [0.2, 0.25) is 26.0 Å². The van der Waals surface area contributed by atoms with Crippen molar-refractivity contribution in [2.45, 2.75) is 22.6 Å². The van der Waals surface area contributed by atoms with E-state index in [0.29, 0.717) is 12.5 Å². The summed E-state index contributed by atoms with van der Waals surface area (Å²) in [5.41, 5.74) is 4.84. The Morgan fingerprint density at radius 3 is 2.00 bits per heavy atom. The molecule has 7 N–H and O–H groups in total. The third-order valence-electron chi connectivity index (χ3n) is 2.62. The van der Waals surface area contributed by atoms with E-state index in [-0.39, 0.29) is 13.0 Å². The van der Waals surface area contributed by atoms with Gasteiger partial charge in [0.05, 0.1) is 15.7 Å². The molecule has 1 amide bonds. The smallest absolute Gasteiger partial charge is 0.240 e. The van der Waals surface area contributed by atoms with Gasteiger partial charge in [0.25, 0.3) is 0 Å². The summed E-state index contributed by atoms with van der Waals surface area (Å²) in [4.78, 5) is 10.3. The zero-order valence-electron chi connectivity index (χ0n) is 11.5. The molecule has 1 aromatic rings. The number of hydrogen-bond acceptors (Lipinski definition) is 6. The molecule has 0 unspecified atom stereocenters. The Labute approximate surface area is 143 Å². The van der Waals surface area contributed by atoms with E-state index in [4.69, 9.17) is 39.2 Å². The Kier molecular flexibility index (Phi) is 6.38. The molecule has 1 rings (SSSR count). The van der Waals surface area contributed by atoms with Gasteiger partial charge in [-0.25, -0.2) is 27.1 Å². The molecule has 0 aliphatic heterocycles. The van der Waals surface area contributed by atoms with Gasteiger partial charge < -0.3 is 11.1 Å². The summed E-state index contributed by atoms with van der Waals surface area (Å²) in [7, 11) is -8.79. The molecule has 23 heavy (non-hydrogen) atoms. The van der Waals surface area contributed by atoms with Crippen LogP contribution >= 0.6 is 23.2 Å². The van der Waals surface area contributed by atoms with Crippen LogP contribution in [-0.4, -0.2) is 29.3 Å². The van der Waals surface area contributed by atoms with E-state index in [0.717, 1.165) is 0 Å². The van der Waals surface area contributed by atoms with E-state index in [1.807, 2.05) is 0 Å². The first-order chi connectivity index (χ1) is 10.4. The molecule has 0 saturated heterocycles. The van der Waals surface area contributed by atoms with Crippen LogP contribution in [0.4, 0.5) is 5.69 Å². The lowest BCUT2D eigenvalue weighted by Gasteiger charge is -2.15. The molecule has 0 spiro atoms. The Bertz CT molecular complexity index is 839. The van der Waals surface area contributed by atoms with Crippen LogP contribution in [0.25, 0.3) is 0 Å². The molecule has 0 atom stereocenters. The van der Waals surface area contributed by atoms with E-state index in [1.54, 1.807) is 0 Å². The quantitative estimate of drug-likeness (QED) is 0.516. The van der Waals surface area contributed by atoms with E-state index >= 15 is 0 Å². The van der Waals surface area contributed by atoms with E-state index in [2.05, 4.69) is 5.32 Å². The number of carbonyl (C=O) groups excluding carboxylic acids is 1. The summed E-state index contributed by atoms with van der Waals surface area (Å²) < 4.78 is 46.2. The van der Waals surface area contributed by atoms with Gasteiger partial charge in [-0.15, -0.1) is 0 Å². The first kappa shape index (κ1) is 20.1. The van der Waals surface area contributed by atoms with Gasteiger partial charge in [-0.3, -0.25) is 4.79 Å². The Morgan fingerprint density at radius 2 is 1.57 bits per heavy atom. The zero-order valence-corrected chi connectivity index (χ0v) is 14.7. The Hall–Kier alpha value is -0.950. The highest BCUT2D eigenvalue weighted by atomic mass is 35.5. The highest BCUT2D eigenvalue weighted by Crippen LogP contribution is 2.39. The van der Waals surface area contributed by atoms with Crippen molar-refractivity contribution in [1.29, 1.82) is 0 Å². The van der Waals surface area contributed by atoms with Gasteiger partial charge >= 0.3 is 0 Å². The normalized spacial score (nSPS) is 12.2. The van der Waals surface area contributed by atoms with Crippen molar-refractivity contribution >= 4 is 54.8 Å². The maximum atomic E-state index is 11.7. The molecule has 13 heteroatoms. The molecule has 0 aliphatic rings. The molecule has 9 nitrogen and oxygen atoms in total. The van der Waals surface area contributed by atoms with Crippen LogP contribution in [0, 0.1) is 0 Å². The zero-order chi connectivity index (χ0) is 18.0. The van der Waals surface area contributed by atoms with Crippen molar-refractivity contribution < 1.29 is 21.6 Å². The van der Waals surface area contributed by atoms with Gasteiger partial charge in [-0.05, 0) is 19.0 Å². The number of sulfonamides is 2. The lowest BCUT2D eigenvalue weighted by Crippen LogP contribution is -2.21. The Morgan fingerprint density at radius 1 is 1.04 bits per heavy atom. The van der Waals surface area contributed by atoms with Gasteiger partial charge in [0.15, 0.2) is 0 Å². The predicted octanol–water partition coefficient (Wildman–Crippen LogP) is -0.0344. The topological polar surface area (TPSA) is 175 Å². The van der Waals surface area contributed by atoms with Crippen LogP contribution < -0.4 is 21.3 Å². The average Bonchev–Trinajstić information content (AvgIpc) is 2.39. The van der Waals surface area contributed by atoms with E-state index < -0.39 is 51.5 Å². The van der Waals surface area contributed by atoms with Gasteiger partial charge in [0, 0.05) is 6.42 Å². The summed E-state index contributed by atoms with van der Waals surface area (Å²) in [6.07, 6.45) is 0.336. The first-order valence-electron chi connectivity index (χ1n) is 5.97. The fourth-order valence-electron chi connectivity index (χ4n) is 1.59. The molecule has 0 saturated carbocycles. The molecule has 0 aromatic heterocycles. The van der Waals surface area contributed by atoms with Crippen LogP contribution in [-0.2, 0) is 24.8 Å². The van der Waals surface area contributed by atoms with Gasteiger partial charge in [-0.1, -0.05) is 23.2 Å². The standard InChI is InChI=1S/C10H14Cl2N4O5S2/c11-8-5(22(14,18)19)4-6(23(15,20)21)10(9(8)12)16-7(17)2-1-3-13/h4H,1-3,13H2,(H,16,17)(H2,14,18,19)(H2,15,20,21). The lowest BCUT2D eigenvalue weighted by molar-refractivity contribution is -0.116. The fourth-order valence-corrected chi connectivity index (χ4v) is 3.86. The van der Waals surface area contributed by atoms with Crippen LogP contribution in [0.2, 0.25) is 10.0 Å².